The molecule has 114 valence electrons. The van der Waals surface area contributed by atoms with Crippen molar-refractivity contribution in [3.05, 3.63) is 58.7 Å². The molecule has 3 nitrogen and oxygen atoms in total. The van der Waals surface area contributed by atoms with Gasteiger partial charge < -0.3 is 10.1 Å². The van der Waals surface area contributed by atoms with Crippen molar-refractivity contribution >= 4 is 11.6 Å². The zero-order valence-electron chi connectivity index (χ0n) is 13.1. The maximum atomic E-state index is 12.1. The van der Waals surface area contributed by atoms with Crippen LogP contribution in [-0.2, 0) is 17.6 Å². The van der Waals surface area contributed by atoms with Crippen LogP contribution in [0.15, 0.2) is 36.4 Å². The average molecular weight is 295 g/mol. The smallest absolute Gasteiger partial charge is 0.262 e. The Balaban J connectivity index is 1.61. The second kappa shape index (κ2) is 6.22. The Kier molecular flexibility index (Phi) is 4.14. The molecule has 1 amide bonds. The lowest BCUT2D eigenvalue weighted by atomic mass is 10.1. The van der Waals surface area contributed by atoms with Crippen LogP contribution in [-0.4, -0.2) is 12.5 Å². The summed E-state index contributed by atoms with van der Waals surface area (Å²) in [5.41, 5.74) is 5.77. The van der Waals surface area contributed by atoms with Crippen molar-refractivity contribution in [1.29, 1.82) is 0 Å². The number of hydrogen-bond acceptors (Lipinski definition) is 2. The van der Waals surface area contributed by atoms with Crippen LogP contribution >= 0.6 is 0 Å². The van der Waals surface area contributed by atoms with Gasteiger partial charge in [0.1, 0.15) is 5.75 Å². The Hall–Kier alpha value is -2.29. The Morgan fingerprint density at radius 3 is 2.59 bits per heavy atom. The van der Waals surface area contributed by atoms with Crippen molar-refractivity contribution in [2.75, 3.05) is 11.9 Å². The third-order valence-corrected chi connectivity index (χ3v) is 4.19. The summed E-state index contributed by atoms with van der Waals surface area (Å²) in [6, 6.07) is 12.1. The molecule has 22 heavy (non-hydrogen) atoms. The van der Waals surface area contributed by atoms with Gasteiger partial charge in [-0.3, -0.25) is 4.79 Å². The molecule has 0 fully saturated rings. The van der Waals surface area contributed by atoms with Crippen molar-refractivity contribution < 1.29 is 9.53 Å². The summed E-state index contributed by atoms with van der Waals surface area (Å²) in [5.74, 6) is 0.648. The fraction of sp³-hybridized carbons (Fsp3) is 0.316. The van der Waals surface area contributed by atoms with E-state index in [2.05, 4.69) is 17.4 Å². The fourth-order valence-electron chi connectivity index (χ4n) is 2.97. The van der Waals surface area contributed by atoms with E-state index < -0.39 is 0 Å². The van der Waals surface area contributed by atoms with Crippen molar-refractivity contribution in [2.45, 2.75) is 33.1 Å². The van der Waals surface area contributed by atoms with Crippen molar-refractivity contribution in [3.8, 4) is 5.75 Å². The molecule has 0 aliphatic heterocycles. The first kappa shape index (κ1) is 14.6. The molecule has 2 aromatic carbocycles. The molecular formula is C19H21NO2. The largest absolute Gasteiger partial charge is 0.484 e. The van der Waals surface area contributed by atoms with Gasteiger partial charge in [0.05, 0.1) is 0 Å². The lowest BCUT2D eigenvalue weighted by molar-refractivity contribution is -0.118. The zero-order chi connectivity index (χ0) is 15.5. The number of fused-ring (bicyclic) bond motifs is 1. The third kappa shape index (κ3) is 3.14. The van der Waals surface area contributed by atoms with E-state index in [0.29, 0.717) is 0 Å². The molecule has 0 saturated heterocycles. The highest BCUT2D eigenvalue weighted by molar-refractivity contribution is 5.93. The molecule has 0 spiro atoms. The van der Waals surface area contributed by atoms with Gasteiger partial charge in [0.2, 0.25) is 0 Å². The highest BCUT2D eigenvalue weighted by atomic mass is 16.5. The van der Waals surface area contributed by atoms with Crippen LogP contribution < -0.4 is 10.1 Å². The monoisotopic (exact) mass is 295 g/mol. The van der Waals surface area contributed by atoms with Gasteiger partial charge in [-0.05, 0) is 67.5 Å². The SMILES string of the molecule is Cc1cccc(C)c1NC(=O)COc1ccc2c(c1)CCC2. The first-order valence-corrected chi connectivity index (χ1v) is 7.74. The summed E-state index contributed by atoms with van der Waals surface area (Å²) < 4.78 is 5.63. The Labute approximate surface area is 131 Å². The molecule has 1 aliphatic rings. The number of nitrogens with one attached hydrogen (secondary N) is 1. The molecule has 0 aromatic heterocycles. The molecule has 0 heterocycles. The van der Waals surface area contributed by atoms with E-state index in [1.807, 2.05) is 38.1 Å². The molecule has 2 aromatic rings. The van der Waals surface area contributed by atoms with Crippen LogP contribution in [0.3, 0.4) is 0 Å². The zero-order valence-corrected chi connectivity index (χ0v) is 13.1. The molecule has 0 bridgehead atoms. The standard InChI is InChI=1S/C19H21NO2/c1-13-5-3-6-14(2)19(13)20-18(21)12-22-17-10-9-15-7-4-8-16(15)11-17/h3,5-6,9-11H,4,7-8,12H2,1-2H3,(H,20,21). The van der Waals surface area contributed by atoms with E-state index in [1.54, 1.807) is 0 Å². The number of carbonyl (C=O) groups is 1. The first-order chi connectivity index (χ1) is 10.6. The molecule has 3 rings (SSSR count). The van der Waals surface area contributed by atoms with Gasteiger partial charge in [-0.2, -0.15) is 0 Å². The fourth-order valence-corrected chi connectivity index (χ4v) is 2.97. The van der Waals surface area contributed by atoms with Crippen LogP contribution in [0.2, 0.25) is 0 Å². The Morgan fingerprint density at radius 1 is 1.09 bits per heavy atom. The minimum atomic E-state index is -0.127. The van der Waals surface area contributed by atoms with E-state index in [0.717, 1.165) is 35.4 Å². The highest BCUT2D eigenvalue weighted by Crippen LogP contribution is 2.26. The van der Waals surface area contributed by atoms with E-state index in [1.165, 1.54) is 17.5 Å². The van der Waals surface area contributed by atoms with E-state index >= 15 is 0 Å². The molecular weight excluding hydrogens is 274 g/mol. The van der Waals surface area contributed by atoms with Gasteiger partial charge in [0, 0.05) is 5.69 Å². The number of rotatable bonds is 4. The van der Waals surface area contributed by atoms with Gasteiger partial charge >= 0.3 is 0 Å². The topological polar surface area (TPSA) is 38.3 Å². The van der Waals surface area contributed by atoms with Crippen LogP contribution in [0.5, 0.6) is 5.75 Å². The predicted octanol–water partition coefficient (Wildman–Crippen LogP) is 3.81. The lowest BCUT2D eigenvalue weighted by Crippen LogP contribution is -2.21. The van der Waals surface area contributed by atoms with Gasteiger partial charge in [-0.25, -0.2) is 0 Å². The van der Waals surface area contributed by atoms with Crippen molar-refractivity contribution in [2.24, 2.45) is 0 Å². The highest BCUT2D eigenvalue weighted by Gasteiger charge is 2.12. The molecule has 0 unspecified atom stereocenters. The quantitative estimate of drug-likeness (QED) is 0.931. The summed E-state index contributed by atoms with van der Waals surface area (Å²) in [6.45, 7) is 4.01. The Morgan fingerprint density at radius 2 is 1.82 bits per heavy atom. The number of amides is 1. The van der Waals surface area contributed by atoms with E-state index in [-0.39, 0.29) is 12.5 Å². The minimum Gasteiger partial charge on any atom is -0.484 e. The maximum Gasteiger partial charge on any atom is 0.262 e. The number of anilines is 1. The number of carbonyl (C=O) groups excluding carboxylic acids is 1. The minimum absolute atomic E-state index is 0.0343. The normalized spacial score (nSPS) is 12.8. The van der Waals surface area contributed by atoms with Crippen LogP contribution in [0.1, 0.15) is 28.7 Å². The van der Waals surface area contributed by atoms with Gasteiger partial charge in [-0.1, -0.05) is 24.3 Å². The van der Waals surface area contributed by atoms with Crippen molar-refractivity contribution in [3.63, 3.8) is 0 Å². The molecule has 0 saturated carbocycles. The van der Waals surface area contributed by atoms with E-state index in [9.17, 15) is 4.79 Å². The van der Waals surface area contributed by atoms with Gasteiger partial charge in [-0.15, -0.1) is 0 Å². The lowest BCUT2D eigenvalue weighted by Gasteiger charge is -2.12. The van der Waals surface area contributed by atoms with Crippen molar-refractivity contribution in [1.82, 2.24) is 0 Å². The second-order valence-corrected chi connectivity index (χ2v) is 5.89. The predicted molar refractivity (Wildman–Crippen MR) is 88.5 cm³/mol. The molecule has 3 heteroatoms. The second-order valence-electron chi connectivity index (χ2n) is 5.89. The number of benzene rings is 2. The number of para-hydroxylation sites is 1. The third-order valence-electron chi connectivity index (χ3n) is 4.19. The summed E-state index contributed by atoms with van der Waals surface area (Å²) in [5, 5.41) is 2.94. The van der Waals surface area contributed by atoms with E-state index in [4.69, 9.17) is 4.74 Å². The Bertz CT molecular complexity index is 686. The van der Waals surface area contributed by atoms with Crippen LogP contribution in [0, 0.1) is 13.8 Å². The van der Waals surface area contributed by atoms with Gasteiger partial charge in [0.15, 0.2) is 6.61 Å². The summed E-state index contributed by atoms with van der Waals surface area (Å²) in [6.07, 6.45) is 3.48. The van der Waals surface area contributed by atoms with Crippen LogP contribution in [0.4, 0.5) is 5.69 Å². The van der Waals surface area contributed by atoms with Gasteiger partial charge in [0.25, 0.3) is 5.91 Å². The maximum absolute atomic E-state index is 12.1. The summed E-state index contributed by atoms with van der Waals surface area (Å²) >= 11 is 0. The number of ether oxygens (including phenoxy) is 1. The molecule has 1 N–H and O–H groups in total. The molecule has 0 radical (unpaired) electrons. The number of hydrogen-bond donors (Lipinski definition) is 1. The first-order valence-electron chi connectivity index (χ1n) is 7.74. The average Bonchev–Trinajstić information content (AvgIpc) is 2.96. The number of aryl methyl sites for hydroxylation is 4. The summed E-state index contributed by atoms with van der Waals surface area (Å²) in [4.78, 5) is 12.1. The molecule has 0 atom stereocenters. The molecule has 1 aliphatic carbocycles. The summed E-state index contributed by atoms with van der Waals surface area (Å²) in [7, 11) is 0. The van der Waals surface area contributed by atoms with Crippen LogP contribution in [0.25, 0.3) is 0 Å².